The molecule has 1 saturated heterocycles. The Hall–Kier alpha value is -0.980. The summed E-state index contributed by atoms with van der Waals surface area (Å²) >= 11 is 0. The zero-order valence-electron chi connectivity index (χ0n) is 20.4. The highest BCUT2D eigenvalue weighted by Gasteiger charge is 2.53. The molecule has 10 heteroatoms. The maximum Gasteiger partial charge on any atom is 0.191 e. The number of aryl methyl sites for hydroxylation is 1. The Bertz CT molecular complexity index is 717. The summed E-state index contributed by atoms with van der Waals surface area (Å²) in [6, 6.07) is 0.360. The van der Waals surface area contributed by atoms with Gasteiger partial charge in [0, 0.05) is 45.2 Å². The lowest BCUT2D eigenvalue weighted by Gasteiger charge is -2.55. The Kier molecular flexibility index (Phi) is 11.1. The van der Waals surface area contributed by atoms with Gasteiger partial charge in [-0.1, -0.05) is 13.8 Å². The number of nitrogens with one attached hydrogen (secondary N) is 2. The van der Waals surface area contributed by atoms with Crippen LogP contribution in [0.5, 0.6) is 0 Å². The second-order valence-corrected chi connectivity index (χ2v) is 8.72. The van der Waals surface area contributed by atoms with Crippen LogP contribution in [-0.4, -0.2) is 84.3 Å². The smallest absolute Gasteiger partial charge is 0.191 e. The summed E-state index contributed by atoms with van der Waals surface area (Å²) in [7, 11) is 3.81. The number of aliphatic imine (C=N–C) groups is 1. The fraction of sp³-hybridized carbons (Fsp3) is 0.864. The molecule has 9 nitrogen and oxygen atoms in total. The first-order valence-electron chi connectivity index (χ1n) is 11.8. The lowest BCUT2D eigenvalue weighted by molar-refractivity contribution is -0.118. The molecule has 1 aromatic heterocycles. The number of aromatic nitrogens is 3. The highest BCUT2D eigenvalue weighted by Crippen LogP contribution is 2.48. The summed E-state index contributed by atoms with van der Waals surface area (Å²) in [6.07, 6.45) is 4.57. The monoisotopic (exact) mass is 563 g/mol. The molecule has 1 aromatic rings. The SMILES string of the molecule is CCC1(CC)C(NC(=NCc2nnc(C)n2C)NCCCN2CCOCC2)CC1OC.I. The molecule has 0 aromatic carbocycles. The highest BCUT2D eigenvalue weighted by atomic mass is 127. The summed E-state index contributed by atoms with van der Waals surface area (Å²) in [6.45, 7) is 12.7. The first kappa shape index (κ1) is 27.3. The van der Waals surface area contributed by atoms with Gasteiger partial charge in [0.1, 0.15) is 12.4 Å². The number of hydrogen-bond acceptors (Lipinski definition) is 6. The van der Waals surface area contributed by atoms with Crippen molar-refractivity contribution in [3.05, 3.63) is 11.6 Å². The van der Waals surface area contributed by atoms with Crippen LogP contribution in [0.15, 0.2) is 4.99 Å². The van der Waals surface area contributed by atoms with Gasteiger partial charge in [-0.2, -0.15) is 0 Å². The predicted molar refractivity (Wildman–Crippen MR) is 138 cm³/mol. The zero-order valence-corrected chi connectivity index (χ0v) is 22.7. The number of rotatable bonds is 10. The van der Waals surface area contributed by atoms with Crippen molar-refractivity contribution in [1.29, 1.82) is 0 Å². The molecule has 1 aliphatic carbocycles. The van der Waals surface area contributed by atoms with Crippen molar-refractivity contribution in [1.82, 2.24) is 30.3 Å². The molecule has 3 rings (SSSR count). The van der Waals surface area contributed by atoms with Crippen LogP contribution in [0.3, 0.4) is 0 Å². The molecule has 0 bridgehead atoms. The van der Waals surface area contributed by atoms with Crippen LogP contribution in [0.4, 0.5) is 0 Å². The molecular formula is C22H42IN7O2. The van der Waals surface area contributed by atoms with E-state index < -0.39 is 0 Å². The highest BCUT2D eigenvalue weighted by molar-refractivity contribution is 14.0. The summed E-state index contributed by atoms with van der Waals surface area (Å²) in [5.74, 6) is 2.62. The third kappa shape index (κ3) is 6.32. The van der Waals surface area contributed by atoms with Crippen molar-refractivity contribution in [3.63, 3.8) is 0 Å². The van der Waals surface area contributed by atoms with E-state index >= 15 is 0 Å². The van der Waals surface area contributed by atoms with Gasteiger partial charge in [0.2, 0.25) is 0 Å². The van der Waals surface area contributed by atoms with E-state index in [2.05, 4.69) is 39.6 Å². The molecule has 1 aliphatic heterocycles. The minimum atomic E-state index is 0. The predicted octanol–water partition coefficient (Wildman–Crippen LogP) is 2.09. The van der Waals surface area contributed by atoms with E-state index in [-0.39, 0.29) is 29.4 Å². The van der Waals surface area contributed by atoms with Gasteiger partial charge in [-0.25, -0.2) is 4.99 Å². The third-order valence-electron chi connectivity index (χ3n) is 7.31. The van der Waals surface area contributed by atoms with E-state index in [1.165, 1.54) is 0 Å². The molecule has 2 N–H and O–H groups in total. The standard InChI is InChI=1S/C22H41N7O2.HI/c1-6-22(7-2)18(15-19(22)30-5)25-21(24-16-20-27-26-17(3)28(20)4)23-9-8-10-29-11-13-31-14-12-29;/h18-19H,6-16H2,1-5H3,(H2,23,24,25);1H. The Labute approximate surface area is 210 Å². The van der Waals surface area contributed by atoms with Gasteiger partial charge in [0.15, 0.2) is 11.8 Å². The molecule has 2 atom stereocenters. The first-order chi connectivity index (χ1) is 15.0. The average molecular weight is 564 g/mol. The molecule has 1 saturated carbocycles. The lowest BCUT2D eigenvalue weighted by Crippen LogP contribution is -2.65. The van der Waals surface area contributed by atoms with Crippen LogP contribution < -0.4 is 10.6 Å². The fourth-order valence-corrected chi connectivity index (χ4v) is 4.87. The van der Waals surface area contributed by atoms with Gasteiger partial charge in [-0.05, 0) is 39.2 Å². The normalized spacial score (nSPS) is 23.3. The van der Waals surface area contributed by atoms with Crippen molar-refractivity contribution < 1.29 is 9.47 Å². The van der Waals surface area contributed by atoms with Crippen LogP contribution in [0.1, 0.15) is 51.2 Å². The van der Waals surface area contributed by atoms with Crippen molar-refractivity contribution in [2.45, 2.75) is 65.1 Å². The largest absolute Gasteiger partial charge is 0.381 e. The topological polar surface area (TPSA) is 88.8 Å². The molecular weight excluding hydrogens is 521 g/mol. The summed E-state index contributed by atoms with van der Waals surface area (Å²) in [5, 5.41) is 15.7. The lowest BCUT2D eigenvalue weighted by atomic mass is 9.58. The van der Waals surface area contributed by atoms with Crippen LogP contribution in [-0.2, 0) is 23.1 Å². The van der Waals surface area contributed by atoms with Crippen LogP contribution in [0.2, 0.25) is 0 Å². The average Bonchev–Trinajstić information content (AvgIpc) is 3.10. The van der Waals surface area contributed by atoms with E-state index in [0.29, 0.717) is 18.7 Å². The maximum atomic E-state index is 5.77. The van der Waals surface area contributed by atoms with Gasteiger partial charge in [0.25, 0.3) is 0 Å². The number of nitrogens with zero attached hydrogens (tertiary/aromatic N) is 5. The van der Waals surface area contributed by atoms with Crippen molar-refractivity contribution in [2.75, 3.05) is 46.5 Å². The molecule has 32 heavy (non-hydrogen) atoms. The van der Waals surface area contributed by atoms with Crippen molar-refractivity contribution >= 4 is 29.9 Å². The fourth-order valence-electron chi connectivity index (χ4n) is 4.87. The Morgan fingerprint density at radius 2 is 1.97 bits per heavy atom. The van der Waals surface area contributed by atoms with Crippen LogP contribution >= 0.6 is 24.0 Å². The molecule has 2 unspecified atom stereocenters. The van der Waals surface area contributed by atoms with Crippen LogP contribution in [0, 0.1) is 12.3 Å². The van der Waals surface area contributed by atoms with Crippen molar-refractivity contribution in [3.8, 4) is 0 Å². The Morgan fingerprint density at radius 3 is 2.56 bits per heavy atom. The number of hydrogen-bond donors (Lipinski definition) is 2. The van der Waals surface area contributed by atoms with Gasteiger partial charge in [-0.15, -0.1) is 34.2 Å². The number of morpholine rings is 1. The minimum absolute atomic E-state index is 0. The number of guanidine groups is 1. The van der Waals surface area contributed by atoms with E-state index in [9.17, 15) is 0 Å². The Balaban J connectivity index is 0.00000363. The quantitative estimate of drug-likeness (QED) is 0.195. The second-order valence-electron chi connectivity index (χ2n) is 8.72. The number of halogens is 1. The maximum absolute atomic E-state index is 5.77. The van der Waals surface area contributed by atoms with Gasteiger partial charge >= 0.3 is 0 Å². The molecule has 2 heterocycles. The van der Waals surface area contributed by atoms with Gasteiger partial charge in [0.05, 0.1) is 19.3 Å². The van der Waals surface area contributed by atoms with E-state index in [0.717, 1.165) is 82.7 Å². The second kappa shape index (κ2) is 13.0. The zero-order chi connectivity index (χ0) is 22.3. The van der Waals surface area contributed by atoms with E-state index in [4.69, 9.17) is 14.5 Å². The first-order valence-corrected chi connectivity index (χ1v) is 11.8. The van der Waals surface area contributed by atoms with Gasteiger partial charge < -0.3 is 24.7 Å². The third-order valence-corrected chi connectivity index (χ3v) is 7.31. The molecule has 2 aliphatic rings. The van der Waals surface area contributed by atoms with Gasteiger partial charge in [-0.3, -0.25) is 4.90 Å². The van der Waals surface area contributed by atoms with E-state index in [1.54, 1.807) is 0 Å². The van der Waals surface area contributed by atoms with Crippen LogP contribution in [0.25, 0.3) is 0 Å². The summed E-state index contributed by atoms with van der Waals surface area (Å²) < 4.78 is 13.2. The molecule has 2 fully saturated rings. The van der Waals surface area contributed by atoms with Crippen molar-refractivity contribution in [2.24, 2.45) is 17.5 Å². The summed E-state index contributed by atoms with van der Waals surface area (Å²) in [4.78, 5) is 7.32. The number of ether oxygens (including phenoxy) is 2. The molecule has 0 spiro atoms. The molecule has 184 valence electrons. The van der Waals surface area contributed by atoms with E-state index in [1.807, 2.05) is 25.6 Å². The molecule has 0 radical (unpaired) electrons. The molecule has 0 amide bonds. The summed E-state index contributed by atoms with van der Waals surface area (Å²) in [5.41, 5.74) is 0.159. The minimum Gasteiger partial charge on any atom is -0.381 e. The Morgan fingerprint density at radius 1 is 1.25 bits per heavy atom. The number of methoxy groups -OCH3 is 1.